The molecule has 0 amide bonds. The summed E-state index contributed by atoms with van der Waals surface area (Å²) in [6, 6.07) is 8.08. The second-order valence-electron chi connectivity index (χ2n) is 3.92. The molecule has 0 spiro atoms. The molecule has 0 saturated heterocycles. The van der Waals surface area contributed by atoms with Crippen LogP contribution in [-0.2, 0) is 6.42 Å². The Bertz CT molecular complexity index is 652. The van der Waals surface area contributed by atoms with Gasteiger partial charge in [-0.05, 0) is 30.2 Å². The summed E-state index contributed by atoms with van der Waals surface area (Å²) in [4.78, 5) is 5.56. The predicted molar refractivity (Wildman–Crippen MR) is 72.3 cm³/mol. The molecule has 0 aliphatic rings. The van der Waals surface area contributed by atoms with Crippen LogP contribution in [-0.4, -0.2) is 9.38 Å². The molecule has 0 fully saturated rings. The van der Waals surface area contributed by atoms with E-state index in [0.29, 0.717) is 0 Å². The van der Waals surface area contributed by atoms with E-state index in [1.807, 2.05) is 18.2 Å². The van der Waals surface area contributed by atoms with Crippen LogP contribution in [0.3, 0.4) is 0 Å². The van der Waals surface area contributed by atoms with Crippen LogP contribution in [0.1, 0.15) is 12.5 Å². The number of nitrogens with two attached hydrogens (primary N) is 1. The van der Waals surface area contributed by atoms with Crippen LogP contribution in [0.4, 0.5) is 5.82 Å². The largest absolute Gasteiger partial charge is 0.385 e. The third kappa shape index (κ3) is 1.52. The topological polar surface area (TPSA) is 43.3 Å². The van der Waals surface area contributed by atoms with Crippen LogP contribution < -0.4 is 5.73 Å². The summed E-state index contributed by atoms with van der Waals surface area (Å²) in [5.74, 6) is 0.837. The molecule has 0 bridgehead atoms. The lowest BCUT2D eigenvalue weighted by molar-refractivity contribution is 1.13. The fourth-order valence-corrected chi connectivity index (χ4v) is 3.00. The first kappa shape index (κ1) is 10.4. The van der Waals surface area contributed by atoms with Gasteiger partial charge in [0, 0.05) is 11.6 Å². The number of nitrogens with zero attached hydrogens (tertiary/aromatic N) is 2. The molecule has 3 nitrogen and oxygen atoms in total. The van der Waals surface area contributed by atoms with Crippen molar-refractivity contribution in [2.75, 3.05) is 5.73 Å². The number of aryl methyl sites for hydroxylation is 1. The molecule has 0 aliphatic heterocycles. The lowest BCUT2D eigenvalue weighted by Crippen LogP contribution is -1.97. The molecule has 0 aromatic carbocycles. The van der Waals surface area contributed by atoms with Gasteiger partial charge in [0.05, 0.1) is 11.4 Å². The van der Waals surface area contributed by atoms with Crippen LogP contribution in [0, 0.1) is 0 Å². The van der Waals surface area contributed by atoms with Crippen molar-refractivity contribution in [2.45, 2.75) is 13.3 Å². The summed E-state index contributed by atoms with van der Waals surface area (Å²) in [6.07, 6.45) is 2.77. The number of anilines is 1. The Morgan fingerprint density at radius 1 is 1.41 bits per heavy atom. The van der Waals surface area contributed by atoms with Crippen molar-refractivity contribution in [1.82, 2.24) is 9.38 Å². The number of thiazole rings is 1. The van der Waals surface area contributed by atoms with Crippen molar-refractivity contribution in [3.05, 3.63) is 41.4 Å². The van der Waals surface area contributed by atoms with Crippen LogP contribution in [0.15, 0.2) is 35.8 Å². The van der Waals surface area contributed by atoms with Gasteiger partial charge in [-0.15, -0.1) is 11.3 Å². The average molecular weight is 243 g/mol. The molecule has 3 aromatic rings. The first-order chi connectivity index (χ1) is 8.31. The fraction of sp³-hybridized carbons (Fsp3) is 0.154. The average Bonchev–Trinajstić information content (AvgIpc) is 2.91. The van der Waals surface area contributed by atoms with Gasteiger partial charge in [0.15, 0.2) is 0 Å². The lowest BCUT2D eigenvalue weighted by Gasteiger charge is -2.02. The summed E-state index contributed by atoms with van der Waals surface area (Å²) >= 11 is 1.70. The van der Waals surface area contributed by atoms with Gasteiger partial charge >= 0.3 is 0 Å². The second-order valence-corrected chi connectivity index (χ2v) is 4.81. The Morgan fingerprint density at radius 3 is 3.00 bits per heavy atom. The first-order valence-electron chi connectivity index (χ1n) is 5.60. The smallest absolute Gasteiger partial charge is 0.112 e. The Kier molecular flexibility index (Phi) is 2.37. The second kappa shape index (κ2) is 3.89. The van der Waals surface area contributed by atoms with Gasteiger partial charge in [-0.3, -0.25) is 9.38 Å². The number of aromatic nitrogens is 2. The molecule has 86 valence electrons. The molecule has 3 rings (SSSR count). The number of hydrogen-bond donors (Lipinski definition) is 1. The molecule has 17 heavy (non-hydrogen) atoms. The van der Waals surface area contributed by atoms with Gasteiger partial charge < -0.3 is 5.73 Å². The quantitative estimate of drug-likeness (QED) is 0.751. The summed E-state index contributed by atoms with van der Waals surface area (Å²) < 4.78 is 2.09. The Hall–Kier alpha value is -1.81. The molecule has 3 aromatic heterocycles. The van der Waals surface area contributed by atoms with Crippen LogP contribution >= 0.6 is 11.3 Å². The van der Waals surface area contributed by atoms with Gasteiger partial charge in [-0.2, -0.15) is 0 Å². The van der Waals surface area contributed by atoms with Crippen LogP contribution in [0.5, 0.6) is 0 Å². The van der Waals surface area contributed by atoms with Gasteiger partial charge in [-0.1, -0.05) is 13.0 Å². The van der Waals surface area contributed by atoms with Crippen molar-refractivity contribution < 1.29 is 0 Å². The molecular formula is C13H13N3S. The summed E-state index contributed by atoms with van der Waals surface area (Å²) in [5, 5.41) is 2.10. The molecule has 0 unspecified atom stereocenters. The highest BCUT2D eigenvalue weighted by molar-refractivity contribution is 7.16. The first-order valence-corrected chi connectivity index (χ1v) is 6.48. The highest BCUT2D eigenvalue weighted by Gasteiger charge is 2.12. The highest BCUT2D eigenvalue weighted by Crippen LogP contribution is 2.31. The van der Waals surface area contributed by atoms with E-state index in [2.05, 4.69) is 27.8 Å². The zero-order valence-electron chi connectivity index (χ0n) is 9.55. The van der Waals surface area contributed by atoms with E-state index in [1.54, 1.807) is 17.5 Å². The summed E-state index contributed by atoms with van der Waals surface area (Å²) in [7, 11) is 0. The minimum absolute atomic E-state index is 0.837. The van der Waals surface area contributed by atoms with E-state index in [-0.39, 0.29) is 0 Å². The zero-order valence-corrected chi connectivity index (χ0v) is 10.4. The zero-order chi connectivity index (χ0) is 11.8. The van der Waals surface area contributed by atoms with E-state index >= 15 is 0 Å². The van der Waals surface area contributed by atoms with Crippen LogP contribution in [0.25, 0.3) is 16.2 Å². The Balaban J connectivity index is 2.27. The minimum atomic E-state index is 0.837. The van der Waals surface area contributed by atoms with Crippen molar-refractivity contribution in [2.24, 2.45) is 0 Å². The normalized spacial score (nSPS) is 11.1. The number of fused-ring (bicyclic) bond motifs is 1. The molecule has 3 heterocycles. The molecule has 0 radical (unpaired) electrons. The van der Waals surface area contributed by atoms with E-state index in [0.717, 1.165) is 23.6 Å². The lowest BCUT2D eigenvalue weighted by atomic mass is 10.2. The van der Waals surface area contributed by atoms with E-state index in [9.17, 15) is 0 Å². The summed E-state index contributed by atoms with van der Waals surface area (Å²) in [5.41, 5.74) is 9.41. The van der Waals surface area contributed by atoms with Crippen LogP contribution in [0.2, 0.25) is 0 Å². The molecule has 0 atom stereocenters. The van der Waals surface area contributed by atoms with Crippen molar-refractivity contribution >= 4 is 22.0 Å². The van der Waals surface area contributed by atoms with Gasteiger partial charge in [0.25, 0.3) is 0 Å². The number of nitrogen functional groups attached to an aromatic ring is 1. The van der Waals surface area contributed by atoms with Gasteiger partial charge in [-0.25, -0.2) is 0 Å². The molecule has 4 heteroatoms. The summed E-state index contributed by atoms with van der Waals surface area (Å²) in [6.45, 7) is 2.12. The standard InChI is InChI=1S/C13H13N3S/c1-2-9-7-12-16(13(9)14)11(8-17-12)10-5-3-4-6-15-10/h3-8H,2,14H2,1H3. The molecular weight excluding hydrogens is 230 g/mol. The Morgan fingerprint density at radius 2 is 2.29 bits per heavy atom. The monoisotopic (exact) mass is 243 g/mol. The highest BCUT2D eigenvalue weighted by atomic mass is 32.1. The van der Waals surface area contributed by atoms with Crippen molar-refractivity contribution in [1.29, 1.82) is 0 Å². The third-order valence-corrected chi connectivity index (χ3v) is 3.81. The number of hydrogen-bond acceptors (Lipinski definition) is 3. The van der Waals surface area contributed by atoms with E-state index < -0.39 is 0 Å². The number of rotatable bonds is 2. The Labute approximate surface area is 104 Å². The SMILES string of the molecule is CCc1cc2scc(-c3ccccn3)n2c1N. The van der Waals surface area contributed by atoms with Crippen molar-refractivity contribution in [3.8, 4) is 11.4 Å². The van der Waals surface area contributed by atoms with E-state index in [4.69, 9.17) is 5.73 Å². The number of pyridine rings is 1. The fourth-order valence-electron chi connectivity index (χ4n) is 2.03. The maximum Gasteiger partial charge on any atom is 0.112 e. The molecule has 0 saturated carbocycles. The molecule has 2 N–H and O–H groups in total. The predicted octanol–water partition coefficient (Wildman–Crippen LogP) is 3.21. The minimum Gasteiger partial charge on any atom is -0.385 e. The van der Waals surface area contributed by atoms with E-state index in [1.165, 1.54) is 10.4 Å². The maximum absolute atomic E-state index is 6.17. The van der Waals surface area contributed by atoms with Gasteiger partial charge in [0.1, 0.15) is 10.6 Å². The van der Waals surface area contributed by atoms with Crippen molar-refractivity contribution in [3.63, 3.8) is 0 Å². The molecule has 0 aliphatic carbocycles. The maximum atomic E-state index is 6.17. The van der Waals surface area contributed by atoms with Gasteiger partial charge in [0.2, 0.25) is 0 Å². The third-order valence-electron chi connectivity index (χ3n) is 2.93.